The average molecular weight is 295 g/mol. The van der Waals surface area contributed by atoms with E-state index in [1.54, 1.807) is 11.8 Å². The third-order valence-corrected chi connectivity index (χ3v) is 4.01. The number of thioether (sulfide) groups is 1. The standard InChI is InChI=1S/C13H15ClN4S/c1-8-9(2)16-12(17-13(8)18-15)7-19-11-5-3-10(14)4-6-11/h3-6H,7,15H2,1-2H3,(H,16,17,18). The second-order valence-electron chi connectivity index (χ2n) is 4.09. The summed E-state index contributed by atoms with van der Waals surface area (Å²) in [6, 6.07) is 7.71. The molecule has 0 saturated carbocycles. The smallest absolute Gasteiger partial charge is 0.146 e. The first-order valence-corrected chi connectivity index (χ1v) is 7.15. The largest absolute Gasteiger partial charge is 0.308 e. The van der Waals surface area contributed by atoms with Crippen LogP contribution in [0.5, 0.6) is 0 Å². The summed E-state index contributed by atoms with van der Waals surface area (Å²) in [5.41, 5.74) is 4.52. The summed E-state index contributed by atoms with van der Waals surface area (Å²) in [4.78, 5) is 9.98. The van der Waals surface area contributed by atoms with Gasteiger partial charge < -0.3 is 5.43 Å². The van der Waals surface area contributed by atoms with E-state index in [0.29, 0.717) is 11.6 Å². The molecule has 0 aliphatic carbocycles. The fourth-order valence-electron chi connectivity index (χ4n) is 1.57. The molecule has 0 fully saturated rings. The van der Waals surface area contributed by atoms with Crippen molar-refractivity contribution >= 4 is 29.2 Å². The van der Waals surface area contributed by atoms with Crippen LogP contribution in [-0.4, -0.2) is 9.97 Å². The topological polar surface area (TPSA) is 63.8 Å². The fourth-order valence-corrected chi connectivity index (χ4v) is 2.45. The summed E-state index contributed by atoms with van der Waals surface area (Å²) in [5.74, 6) is 7.58. The Balaban J connectivity index is 2.11. The molecule has 1 aromatic carbocycles. The molecule has 0 aliphatic heterocycles. The molecule has 6 heteroatoms. The number of nitrogen functional groups attached to an aromatic ring is 1. The highest BCUT2D eigenvalue weighted by Crippen LogP contribution is 2.24. The zero-order valence-electron chi connectivity index (χ0n) is 10.8. The van der Waals surface area contributed by atoms with Crippen molar-refractivity contribution in [2.45, 2.75) is 24.5 Å². The number of aromatic nitrogens is 2. The van der Waals surface area contributed by atoms with Crippen LogP contribution < -0.4 is 11.3 Å². The summed E-state index contributed by atoms with van der Waals surface area (Å²) in [5, 5.41) is 0.737. The SMILES string of the molecule is Cc1nc(CSc2ccc(Cl)cc2)nc(NN)c1C. The van der Waals surface area contributed by atoms with Crippen molar-refractivity contribution in [1.82, 2.24) is 9.97 Å². The normalized spacial score (nSPS) is 10.5. The van der Waals surface area contributed by atoms with Crippen LogP contribution in [-0.2, 0) is 5.75 Å². The summed E-state index contributed by atoms with van der Waals surface area (Å²) >= 11 is 7.51. The number of benzene rings is 1. The molecule has 0 aliphatic rings. The molecule has 0 spiro atoms. The van der Waals surface area contributed by atoms with E-state index >= 15 is 0 Å². The van der Waals surface area contributed by atoms with Crippen LogP contribution in [0.3, 0.4) is 0 Å². The number of halogens is 1. The van der Waals surface area contributed by atoms with Crippen molar-refractivity contribution in [3.63, 3.8) is 0 Å². The third-order valence-electron chi connectivity index (χ3n) is 2.75. The van der Waals surface area contributed by atoms with Gasteiger partial charge in [-0.3, -0.25) is 0 Å². The summed E-state index contributed by atoms with van der Waals surface area (Å²) in [6.07, 6.45) is 0. The predicted molar refractivity (Wildman–Crippen MR) is 80.3 cm³/mol. The molecule has 4 nitrogen and oxygen atoms in total. The zero-order valence-corrected chi connectivity index (χ0v) is 12.3. The second-order valence-corrected chi connectivity index (χ2v) is 5.57. The van der Waals surface area contributed by atoms with Crippen molar-refractivity contribution in [2.24, 2.45) is 5.84 Å². The molecule has 2 rings (SSSR count). The van der Waals surface area contributed by atoms with E-state index < -0.39 is 0 Å². The lowest BCUT2D eigenvalue weighted by Gasteiger charge is -2.09. The van der Waals surface area contributed by atoms with Crippen molar-refractivity contribution in [1.29, 1.82) is 0 Å². The molecule has 19 heavy (non-hydrogen) atoms. The maximum absolute atomic E-state index is 5.85. The number of rotatable bonds is 4. The summed E-state index contributed by atoms with van der Waals surface area (Å²) in [6.45, 7) is 3.90. The van der Waals surface area contributed by atoms with Gasteiger partial charge in [0, 0.05) is 21.2 Å². The van der Waals surface area contributed by atoms with E-state index in [1.165, 1.54) is 0 Å². The lowest BCUT2D eigenvalue weighted by Crippen LogP contribution is -2.13. The molecule has 3 N–H and O–H groups in total. The molecule has 0 atom stereocenters. The Labute approximate surface area is 121 Å². The van der Waals surface area contributed by atoms with Gasteiger partial charge in [-0.05, 0) is 38.1 Å². The summed E-state index contributed by atoms with van der Waals surface area (Å²) in [7, 11) is 0. The Morgan fingerprint density at radius 2 is 1.89 bits per heavy atom. The van der Waals surface area contributed by atoms with Gasteiger partial charge in [-0.25, -0.2) is 15.8 Å². The minimum absolute atomic E-state index is 0.680. The molecular formula is C13H15ClN4S. The summed E-state index contributed by atoms with van der Waals surface area (Å²) < 4.78 is 0. The van der Waals surface area contributed by atoms with Gasteiger partial charge in [0.15, 0.2) is 0 Å². The monoisotopic (exact) mass is 294 g/mol. The molecule has 0 amide bonds. The van der Waals surface area contributed by atoms with Crippen LogP contribution in [0.1, 0.15) is 17.1 Å². The number of hydrogen-bond acceptors (Lipinski definition) is 5. The van der Waals surface area contributed by atoms with Crippen molar-refractivity contribution in [3.05, 3.63) is 46.4 Å². The van der Waals surface area contributed by atoms with Crippen LogP contribution in [0.15, 0.2) is 29.2 Å². The molecule has 1 aromatic heterocycles. The molecule has 0 radical (unpaired) electrons. The molecule has 0 saturated heterocycles. The molecule has 100 valence electrons. The maximum Gasteiger partial charge on any atom is 0.146 e. The van der Waals surface area contributed by atoms with Crippen molar-refractivity contribution < 1.29 is 0 Å². The second kappa shape index (κ2) is 6.23. The van der Waals surface area contributed by atoms with Gasteiger partial charge in [-0.1, -0.05) is 11.6 Å². The number of hydrogen-bond donors (Lipinski definition) is 2. The van der Waals surface area contributed by atoms with Crippen LogP contribution in [0.25, 0.3) is 0 Å². The molecule has 1 heterocycles. The predicted octanol–water partition coefficient (Wildman–Crippen LogP) is 3.32. The van der Waals surface area contributed by atoms with Gasteiger partial charge in [0.25, 0.3) is 0 Å². The lowest BCUT2D eigenvalue weighted by molar-refractivity contribution is 0.968. The van der Waals surface area contributed by atoms with E-state index in [4.69, 9.17) is 17.4 Å². The van der Waals surface area contributed by atoms with Gasteiger partial charge in [0.2, 0.25) is 0 Å². The van der Waals surface area contributed by atoms with E-state index in [-0.39, 0.29) is 0 Å². The first kappa shape index (κ1) is 14.1. The lowest BCUT2D eigenvalue weighted by atomic mass is 10.2. The number of aryl methyl sites for hydroxylation is 1. The number of anilines is 1. The van der Waals surface area contributed by atoms with Crippen LogP contribution in [0, 0.1) is 13.8 Å². The Kier molecular flexibility index (Phi) is 4.63. The van der Waals surface area contributed by atoms with E-state index in [9.17, 15) is 0 Å². The van der Waals surface area contributed by atoms with Crippen LogP contribution >= 0.6 is 23.4 Å². The number of nitrogens with one attached hydrogen (secondary N) is 1. The van der Waals surface area contributed by atoms with E-state index in [1.807, 2.05) is 38.1 Å². The third kappa shape index (κ3) is 3.59. The molecule has 0 unspecified atom stereocenters. The van der Waals surface area contributed by atoms with Gasteiger partial charge >= 0.3 is 0 Å². The first-order valence-electron chi connectivity index (χ1n) is 5.79. The molecule has 0 bridgehead atoms. The van der Waals surface area contributed by atoms with Crippen LogP contribution in [0.2, 0.25) is 5.02 Å². The maximum atomic E-state index is 5.85. The Morgan fingerprint density at radius 1 is 1.21 bits per heavy atom. The first-order chi connectivity index (χ1) is 9.10. The molecule has 2 aromatic rings. The van der Waals surface area contributed by atoms with Crippen molar-refractivity contribution in [2.75, 3.05) is 5.43 Å². The Hall–Kier alpha value is -1.30. The van der Waals surface area contributed by atoms with E-state index in [0.717, 1.165) is 27.0 Å². The zero-order chi connectivity index (χ0) is 13.8. The average Bonchev–Trinajstić information content (AvgIpc) is 2.41. The fraction of sp³-hybridized carbons (Fsp3) is 0.231. The highest BCUT2D eigenvalue weighted by atomic mass is 35.5. The number of nitrogens with two attached hydrogens (primary N) is 1. The van der Waals surface area contributed by atoms with Crippen molar-refractivity contribution in [3.8, 4) is 0 Å². The quantitative estimate of drug-likeness (QED) is 0.514. The minimum Gasteiger partial charge on any atom is -0.308 e. The highest BCUT2D eigenvalue weighted by Gasteiger charge is 2.07. The van der Waals surface area contributed by atoms with Gasteiger partial charge in [-0.2, -0.15) is 0 Å². The number of hydrazine groups is 1. The minimum atomic E-state index is 0.680. The highest BCUT2D eigenvalue weighted by molar-refractivity contribution is 7.98. The number of nitrogens with zero attached hydrogens (tertiary/aromatic N) is 2. The van der Waals surface area contributed by atoms with Crippen LogP contribution in [0.4, 0.5) is 5.82 Å². The van der Waals surface area contributed by atoms with Gasteiger partial charge in [0.1, 0.15) is 11.6 Å². The molecular weight excluding hydrogens is 280 g/mol. The van der Waals surface area contributed by atoms with Gasteiger partial charge in [-0.15, -0.1) is 11.8 Å². The Bertz CT molecular complexity index is 572. The van der Waals surface area contributed by atoms with Gasteiger partial charge in [0.05, 0.1) is 5.75 Å². The Morgan fingerprint density at radius 3 is 2.53 bits per heavy atom. The van der Waals surface area contributed by atoms with E-state index in [2.05, 4.69) is 15.4 Å².